The number of aromatic amines is 1. The van der Waals surface area contributed by atoms with Crippen LogP contribution in [0, 0.1) is 21.4 Å². The van der Waals surface area contributed by atoms with Gasteiger partial charge in [0.1, 0.15) is 24.7 Å². The van der Waals surface area contributed by atoms with E-state index in [1.54, 1.807) is 0 Å². The van der Waals surface area contributed by atoms with Crippen LogP contribution in [0.3, 0.4) is 0 Å². The van der Waals surface area contributed by atoms with Gasteiger partial charge in [-0.25, -0.2) is 4.98 Å². The van der Waals surface area contributed by atoms with Crippen LogP contribution in [-0.4, -0.2) is 42.8 Å². The third-order valence-corrected chi connectivity index (χ3v) is 6.70. The molecule has 31 heavy (non-hydrogen) atoms. The van der Waals surface area contributed by atoms with Gasteiger partial charge in [-0.3, -0.25) is 19.8 Å². The minimum absolute atomic E-state index is 0.0471. The van der Waals surface area contributed by atoms with Gasteiger partial charge < -0.3 is 4.74 Å². The summed E-state index contributed by atoms with van der Waals surface area (Å²) in [5, 5.41) is 21.4. The summed E-state index contributed by atoms with van der Waals surface area (Å²) >= 11 is 1.32. The van der Waals surface area contributed by atoms with Crippen molar-refractivity contribution in [3.05, 3.63) is 56.6 Å². The van der Waals surface area contributed by atoms with E-state index >= 15 is 0 Å². The first-order valence-electron chi connectivity index (χ1n) is 10.3. The number of pyridine rings is 1. The van der Waals surface area contributed by atoms with Crippen molar-refractivity contribution in [2.75, 3.05) is 37.0 Å². The molecule has 0 bridgehead atoms. The summed E-state index contributed by atoms with van der Waals surface area (Å²) in [7, 11) is 0. The summed E-state index contributed by atoms with van der Waals surface area (Å²) in [4.78, 5) is 28.7. The summed E-state index contributed by atoms with van der Waals surface area (Å²) in [5.74, 6) is 1.05. The maximum atomic E-state index is 12.7. The number of aromatic nitrogens is 1. The van der Waals surface area contributed by atoms with E-state index in [0.717, 1.165) is 50.2 Å². The van der Waals surface area contributed by atoms with Crippen LogP contribution in [-0.2, 0) is 17.6 Å². The van der Waals surface area contributed by atoms with Gasteiger partial charge in [0, 0.05) is 23.3 Å². The normalized spacial score (nSPS) is 15.8. The number of nitriles is 1. The average Bonchev–Trinajstić information content (AvgIpc) is 2.82. The number of anilines is 1. The number of nitro benzene ring substituents is 1. The summed E-state index contributed by atoms with van der Waals surface area (Å²) in [6.45, 7) is 2.93. The molecule has 0 radical (unpaired) electrons. The first-order valence-corrected chi connectivity index (χ1v) is 11.3. The van der Waals surface area contributed by atoms with Crippen LogP contribution in [0.2, 0.25) is 0 Å². The number of morpholine rings is 1. The van der Waals surface area contributed by atoms with Crippen molar-refractivity contribution in [3.8, 4) is 6.07 Å². The minimum atomic E-state index is -0.489. The molecule has 1 saturated heterocycles. The molecule has 0 spiro atoms. The highest BCUT2D eigenvalue weighted by Crippen LogP contribution is 2.34. The molecule has 2 aliphatic rings. The number of hydrogen-bond acceptors (Lipinski definition) is 7. The Balaban J connectivity index is 1.60. The molecule has 0 amide bonds. The van der Waals surface area contributed by atoms with Crippen LogP contribution in [0.5, 0.6) is 0 Å². The van der Waals surface area contributed by atoms with E-state index in [4.69, 9.17) is 4.74 Å². The molecule has 1 aromatic carbocycles. The first-order chi connectivity index (χ1) is 15.1. The highest BCUT2D eigenvalue weighted by molar-refractivity contribution is 7.99. The van der Waals surface area contributed by atoms with Gasteiger partial charge in [-0.05, 0) is 43.4 Å². The summed E-state index contributed by atoms with van der Waals surface area (Å²) in [5.41, 5.74) is 3.32. The van der Waals surface area contributed by atoms with Crippen LogP contribution in [0.1, 0.15) is 39.9 Å². The molecule has 4 rings (SSSR count). The Bertz CT molecular complexity index is 1040. The molecule has 0 saturated carbocycles. The van der Waals surface area contributed by atoms with Crippen molar-refractivity contribution in [1.29, 1.82) is 5.26 Å². The second-order valence-electron chi connectivity index (χ2n) is 7.57. The van der Waals surface area contributed by atoms with Gasteiger partial charge >= 0.3 is 0 Å². The number of fused-ring (bicyclic) bond motifs is 1. The topological polar surface area (TPSA) is 111 Å². The number of ether oxygens (including phenoxy) is 1. The van der Waals surface area contributed by atoms with Crippen LogP contribution in [0.25, 0.3) is 0 Å². The number of thioether (sulfide) groups is 1. The molecular weight excluding hydrogens is 416 g/mol. The molecule has 2 heterocycles. The Labute approximate surface area is 184 Å². The number of benzene rings is 1. The quantitative estimate of drug-likeness (QED) is 0.294. The fourth-order valence-electron chi connectivity index (χ4n) is 4.10. The third kappa shape index (κ3) is 4.55. The number of ketones is 1. The van der Waals surface area contributed by atoms with E-state index < -0.39 is 4.92 Å². The summed E-state index contributed by atoms with van der Waals surface area (Å²) < 4.78 is 5.49. The number of nitro groups is 1. The zero-order chi connectivity index (χ0) is 21.8. The van der Waals surface area contributed by atoms with Gasteiger partial charge in [-0.2, -0.15) is 5.26 Å². The van der Waals surface area contributed by atoms with Crippen LogP contribution in [0.4, 0.5) is 11.5 Å². The summed E-state index contributed by atoms with van der Waals surface area (Å²) in [6, 6.07) is 7.97. The maximum Gasteiger partial charge on any atom is 0.278 e. The number of nitrogens with zero attached hydrogens (tertiary/aromatic N) is 3. The number of carbonyl (C=O) groups excluding carboxylic acids is 1. The largest absolute Gasteiger partial charge is 0.373 e. The number of carbonyl (C=O) groups is 1. The standard InChI is InChI=1S/C22H22N4O4S/c23-13-19-17-3-1-2-4-18(17)21(25-9-11-30-12-10-25)24-22(19)31-14-20(27)15-5-7-16(8-6-15)26(28)29/h5-8H,1-4,9-12,14H2/p+1. The van der Waals surface area contributed by atoms with Gasteiger partial charge in [-0.1, -0.05) is 11.8 Å². The second kappa shape index (κ2) is 9.45. The van der Waals surface area contributed by atoms with Crippen LogP contribution in [0.15, 0.2) is 29.3 Å². The number of hydrogen-bond donors (Lipinski definition) is 0. The number of Topliss-reactive ketones (excluding diaryl/α,β-unsaturated/α-hetero) is 1. The molecular formula is C22H23N4O4S+. The van der Waals surface area contributed by atoms with Gasteiger partial charge in [0.15, 0.2) is 10.8 Å². The Morgan fingerprint density at radius 3 is 2.52 bits per heavy atom. The lowest BCUT2D eigenvalue weighted by Gasteiger charge is -2.26. The van der Waals surface area contributed by atoms with Crippen LogP contribution < -0.4 is 9.88 Å². The zero-order valence-electron chi connectivity index (χ0n) is 17.1. The molecule has 1 aliphatic heterocycles. The Kier molecular flexibility index (Phi) is 6.49. The molecule has 2 aromatic rings. The van der Waals surface area contributed by atoms with Crippen molar-refractivity contribution in [3.63, 3.8) is 0 Å². The Morgan fingerprint density at radius 1 is 1.19 bits per heavy atom. The molecule has 1 fully saturated rings. The molecule has 1 aromatic heterocycles. The van der Waals surface area contributed by atoms with Crippen molar-refractivity contribution in [1.82, 2.24) is 0 Å². The first kappa shape index (κ1) is 21.3. The van der Waals surface area contributed by atoms with E-state index in [2.05, 4.69) is 16.0 Å². The number of nitrogens with one attached hydrogen (secondary N) is 1. The predicted molar refractivity (Wildman–Crippen MR) is 116 cm³/mol. The van der Waals surface area contributed by atoms with Crippen molar-refractivity contribution in [2.45, 2.75) is 30.7 Å². The lowest BCUT2D eigenvalue weighted by molar-refractivity contribution is -0.414. The molecule has 1 aliphatic carbocycles. The fourth-order valence-corrected chi connectivity index (χ4v) is 5.02. The predicted octanol–water partition coefficient (Wildman–Crippen LogP) is 2.97. The lowest BCUT2D eigenvalue weighted by atomic mass is 9.89. The molecule has 0 unspecified atom stereocenters. The SMILES string of the molecule is N#Cc1c(SCC(=O)c2ccc([N+](=O)[O-])cc2)[nH+]c(N2CCOCC2)c2c1CCCC2. The van der Waals surface area contributed by atoms with Crippen LogP contribution >= 0.6 is 11.8 Å². The second-order valence-corrected chi connectivity index (χ2v) is 8.55. The number of non-ortho nitro benzene ring substituents is 1. The lowest BCUT2D eigenvalue weighted by Crippen LogP contribution is -2.41. The average molecular weight is 440 g/mol. The fraction of sp³-hybridized carbons (Fsp3) is 0.409. The zero-order valence-corrected chi connectivity index (χ0v) is 17.9. The summed E-state index contributed by atoms with van der Waals surface area (Å²) in [6.07, 6.45) is 3.97. The van der Waals surface area contributed by atoms with E-state index in [-0.39, 0.29) is 17.2 Å². The Hall–Kier alpha value is -2.96. The van der Waals surface area contributed by atoms with Gasteiger partial charge in [-0.15, -0.1) is 0 Å². The molecule has 0 atom stereocenters. The van der Waals surface area contributed by atoms with Crippen molar-refractivity contribution >= 4 is 29.1 Å². The van der Waals surface area contributed by atoms with Gasteiger partial charge in [0.05, 0.1) is 23.9 Å². The highest BCUT2D eigenvalue weighted by Gasteiger charge is 2.31. The van der Waals surface area contributed by atoms with E-state index in [9.17, 15) is 20.2 Å². The third-order valence-electron chi connectivity index (χ3n) is 5.70. The monoisotopic (exact) mass is 439 g/mol. The van der Waals surface area contributed by atoms with Gasteiger partial charge in [0.2, 0.25) is 0 Å². The van der Waals surface area contributed by atoms with E-state index in [1.807, 2.05) is 0 Å². The number of H-pyrrole nitrogens is 1. The molecule has 1 N–H and O–H groups in total. The molecule has 160 valence electrons. The number of rotatable bonds is 6. The Morgan fingerprint density at radius 2 is 1.87 bits per heavy atom. The van der Waals surface area contributed by atoms with E-state index in [0.29, 0.717) is 29.4 Å². The molecule has 9 heteroatoms. The maximum absolute atomic E-state index is 12.7. The smallest absolute Gasteiger partial charge is 0.278 e. The molecule has 8 nitrogen and oxygen atoms in total. The minimum Gasteiger partial charge on any atom is -0.373 e. The van der Waals surface area contributed by atoms with Gasteiger partial charge in [0.25, 0.3) is 11.5 Å². The van der Waals surface area contributed by atoms with Crippen molar-refractivity contribution < 1.29 is 19.4 Å². The van der Waals surface area contributed by atoms with E-state index in [1.165, 1.54) is 41.6 Å². The van der Waals surface area contributed by atoms with Crippen molar-refractivity contribution in [2.24, 2.45) is 0 Å². The highest BCUT2D eigenvalue weighted by atomic mass is 32.2.